The third kappa shape index (κ3) is 3.66. The molecule has 6 heteroatoms. The molecule has 0 unspecified atom stereocenters. The monoisotopic (exact) mass is 279 g/mol. The van der Waals surface area contributed by atoms with Gasteiger partial charge in [-0.05, 0) is 45.4 Å². The van der Waals surface area contributed by atoms with E-state index in [1.807, 2.05) is 0 Å². The fourth-order valence-corrected chi connectivity index (χ4v) is 3.50. The summed E-state index contributed by atoms with van der Waals surface area (Å²) < 4.78 is 40.0. The van der Waals surface area contributed by atoms with E-state index in [4.69, 9.17) is 11.6 Å². The van der Waals surface area contributed by atoms with Gasteiger partial charge < -0.3 is 0 Å². The Labute approximate surface area is 106 Å². The number of hydrogen-bond acceptors (Lipinski definition) is 2. The van der Waals surface area contributed by atoms with Gasteiger partial charge in [0.2, 0.25) is 10.0 Å². The Kier molecular flexibility index (Phi) is 3.86. The molecular formula is C11H15ClFNO2S. The van der Waals surface area contributed by atoms with E-state index in [1.165, 1.54) is 6.07 Å². The van der Waals surface area contributed by atoms with E-state index >= 15 is 0 Å². The summed E-state index contributed by atoms with van der Waals surface area (Å²) >= 11 is 5.79. The first-order chi connectivity index (χ1) is 7.53. The molecule has 0 bridgehead atoms. The normalized spacial score (nSPS) is 12.8. The molecule has 0 aliphatic heterocycles. The van der Waals surface area contributed by atoms with Gasteiger partial charge in [0.1, 0.15) is 10.7 Å². The van der Waals surface area contributed by atoms with Crippen molar-refractivity contribution in [3.05, 3.63) is 28.5 Å². The van der Waals surface area contributed by atoms with Crippen LogP contribution in [-0.4, -0.2) is 14.0 Å². The lowest BCUT2D eigenvalue weighted by Gasteiger charge is -2.21. The number of halogens is 2. The summed E-state index contributed by atoms with van der Waals surface area (Å²) in [4.78, 5) is -0.500. The van der Waals surface area contributed by atoms with Crippen molar-refractivity contribution >= 4 is 21.6 Å². The number of nitrogens with one attached hydrogen (secondary N) is 1. The zero-order chi connectivity index (χ0) is 13.4. The summed E-state index contributed by atoms with van der Waals surface area (Å²) in [7, 11) is -3.95. The molecule has 17 heavy (non-hydrogen) atoms. The van der Waals surface area contributed by atoms with Crippen LogP contribution in [0.1, 0.15) is 26.3 Å². The van der Waals surface area contributed by atoms with Gasteiger partial charge >= 0.3 is 0 Å². The summed E-state index contributed by atoms with van der Waals surface area (Å²) in [5.74, 6) is -0.841. The van der Waals surface area contributed by atoms with Gasteiger partial charge in [0.05, 0.1) is 5.02 Å². The maximum Gasteiger partial charge on any atom is 0.245 e. The van der Waals surface area contributed by atoms with E-state index < -0.39 is 26.3 Å². The molecule has 3 nitrogen and oxygen atoms in total. The van der Waals surface area contributed by atoms with Crippen molar-refractivity contribution in [2.24, 2.45) is 0 Å². The smallest absolute Gasteiger partial charge is 0.207 e. The molecule has 0 atom stereocenters. The molecule has 0 amide bonds. The van der Waals surface area contributed by atoms with Crippen LogP contribution in [0.2, 0.25) is 5.02 Å². The molecule has 0 aliphatic rings. The minimum Gasteiger partial charge on any atom is -0.207 e. The third-order valence-electron chi connectivity index (χ3n) is 1.85. The highest BCUT2D eigenvalue weighted by atomic mass is 35.5. The number of benzene rings is 1. The van der Waals surface area contributed by atoms with Gasteiger partial charge in [-0.15, -0.1) is 0 Å². The Balaban J connectivity index is 3.35. The molecule has 0 saturated carbocycles. The average molecular weight is 280 g/mol. The predicted molar refractivity (Wildman–Crippen MR) is 66.2 cm³/mol. The maximum atomic E-state index is 13.7. The van der Waals surface area contributed by atoms with Gasteiger partial charge in [-0.25, -0.2) is 17.5 Å². The number of aryl methyl sites for hydroxylation is 1. The highest BCUT2D eigenvalue weighted by molar-refractivity contribution is 7.89. The molecule has 0 aliphatic carbocycles. The fourth-order valence-electron chi connectivity index (χ4n) is 1.40. The van der Waals surface area contributed by atoms with Crippen molar-refractivity contribution in [2.75, 3.05) is 0 Å². The average Bonchev–Trinajstić information content (AvgIpc) is 1.93. The van der Waals surface area contributed by atoms with Crippen LogP contribution >= 0.6 is 11.6 Å². The van der Waals surface area contributed by atoms with Gasteiger partial charge in [0.25, 0.3) is 0 Å². The van der Waals surface area contributed by atoms with Crippen LogP contribution in [0.5, 0.6) is 0 Å². The van der Waals surface area contributed by atoms with Gasteiger partial charge in [0.15, 0.2) is 0 Å². The van der Waals surface area contributed by atoms with Crippen molar-refractivity contribution in [3.63, 3.8) is 0 Å². The quantitative estimate of drug-likeness (QED) is 0.905. The Hall–Kier alpha value is -0.650. The summed E-state index contributed by atoms with van der Waals surface area (Å²) in [5, 5.41) is -0.112. The predicted octanol–water partition coefficient (Wildman–Crippen LogP) is 2.86. The number of rotatable bonds is 2. The zero-order valence-corrected chi connectivity index (χ0v) is 11.7. The lowest BCUT2D eigenvalue weighted by atomic mass is 10.1. The Morgan fingerprint density at radius 3 is 2.24 bits per heavy atom. The Morgan fingerprint density at radius 2 is 1.82 bits per heavy atom. The summed E-state index contributed by atoms with van der Waals surface area (Å²) in [5.41, 5.74) is -0.123. The SMILES string of the molecule is Cc1cc(F)c(S(=O)(=O)NC(C)(C)C)c(Cl)c1. The van der Waals surface area contributed by atoms with Crippen LogP contribution in [0.25, 0.3) is 0 Å². The number of hydrogen-bond donors (Lipinski definition) is 1. The van der Waals surface area contributed by atoms with E-state index in [2.05, 4.69) is 4.72 Å². The lowest BCUT2D eigenvalue weighted by molar-refractivity contribution is 0.486. The van der Waals surface area contributed by atoms with E-state index in [0.29, 0.717) is 5.56 Å². The second kappa shape index (κ2) is 4.55. The van der Waals surface area contributed by atoms with Gasteiger partial charge in [0, 0.05) is 5.54 Å². The highest BCUT2D eigenvalue weighted by Crippen LogP contribution is 2.26. The number of sulfonamides is 1. The molecule has 0 aromatic heterocycles. The van der Waals surface area contributed by atoms with Gasteiger partial charge in [-0.1, -0.05) is 11.6 Å². The molecule has 1 N–H and O–H groups in total. The third-order valence-corrected chi connectivity index (χ3v) is 4.10. The molecule has 96 valence electrons. The first kappa shape index (κ1) is 14.4. The minimum absolute atomic E-state index is 0.112. The second-order valence-electron chi connectivity index (χ2n) is 4.91. The standard InChI is InChI=1S/C11H15ClFNO2S/c1-7-5-8(12)10(9(13)6-7)17(15,16)14-11(2,3)4/h5-6,14H,1-4H3. The second-order valence-corrected chi connectivity index (χ2v) is 6.94. The lowest BCUT2D eigenvalue weighted by Crippen LogP contribution is -2.40. The van der Waals surface area contributed by atoms with Crippen LogP contribution in [0, 0.1) is 12.7 Å². The van der Waals surface area contributed by atoms with Crippen LogP contribution in [0.3, 0.4) is 0 Å². The molecule has 0 fully saturated rings. The minimum atomic E-state index is -3.95. The molecule has 0 heterocycles. The maximum absolute atomic E-state index is 13.7. The molecule has 1 rings (SSSR count). The van der Waals surface area contributed by atoms with Crippen molar-refractivity contribution in [3.8, 4) is 0 Å². The largest absolute Gasteiger partial charge is 0.245 e. The topological polar surface area (TPSA) is 46.2 Å². The fraction of sp³-hybridized carbons (Fsp3) is 0.455. The van der Waals surface area contributed by atoms with Gasteiger partial charge in [-0.2, -0.15) is 0 Å². The van der Waals surface area contributed by atoms with E-state index in [1.54, 1.807) is 27.7 Å². The van der Waals surface area contributed by atoms with E-state index in [0.717, 1.165) is 6.07 Å². The van der Waals surface area contributed by atoms with E-state index in [9.17, 15) is 12.8 Å². The van der Waals surface area contributed by atoms with Crippen molar-refractivity contribution < 1.29 is 12.8 Å². The van der Waals surface area contributed by atoms with Crippen molar-refractivity contribution in [2.45, 2.75) is 38.1 Å². The summed E-state index contributed by atoms with van der Waals surface area (Å²) in [6.07, 6.45) is 0. The van der Waals surface area contributed by atoms with Crippen LogP contribution < -0.4 is 4.72 Å². The first-order valence-corrected chi connectivity index (χ1v) is 6.89. The molecule has 0 saturated heterocycles. The van der Waals surface area contributed by atoms with Crippen molar-refractivity contribution in [1.29, 1.82) is 0 Å². The van der Waals surface area contributed by atoms with Crippen molar-refractivity contribution in [1.82, 2.24) is 4.72 Å². The van der Waals surface area contributed by atoms with E-state index in [-0.39, 0.29) is 5.02 Å². The molecule has 0 radical (unpaired) electrons. The molecule has 0 spiro atoms. The summed E-state index contributed by atoms with van der Waals surface area (Å²) in [6.45, 7) is 6.65. The molecule has 1 aromatic carbocycles. The molecular weight excluding hydrogens is 265 g/mol. The first-order valence-electron chi connectivity index (χ1n) is 5.02. The van der Waals surface area contributed by atoms with Crippen LogP contribution in [0.15, 0.2) is 17.0 Å². The van der Waals surface area contributed by atoms with Crippen LogP contribution in [0.4, 0.5) is 4.39 Å². The highest BCUT2D eigenvalue weighted by Gasteiger charge is 2.27. The summed E-state index contributed by atoms with van der Waals surface area (Å²) in [6, 6.07) is 2.56. The Morgan fingerprint density at radius 1 is 1.29 bits per heavy atom. The Bertz CT molecular complexity index is 512. The molecule has 1 aromatic rings. The van der Waals surface area contributed by atoms with Crippen LogP contribution in [-0.2, 0) is 10.0 Å². The van der Waals surface area contributed by atoms with Gasteiger partial charge in [-0.3, -0.25) is 0 Å². The zero-order valence-electron chi connectivity index (χ0n) is 10.1.